The standard InChI is InChI=1S/C8H10N2O2/c1-6-7(4-3-5-9-6)10(2)8(11)12/h3-5H,1-2H3,(H,11,12). The minimum Gasteiger partial charge on any atom is -0.465 e. The number of aromatic nitrogens is 1. The number of anilines is 1. The normalized spacial score (nSPS) is 9.50. The lowest BCUT2D eigenvalue weighted by atomic mass is 10.3. The smallest absolute Gasteiger partial charge is 0.411 e. The quantitative estimate of drug-likeness (QED) is 0.687. The third-order valence-electron chi connectivity index (χ3n) is 1.63. The molecule has 0 unspecified atom stereocenters. The first kappa shape index (κ1) is 8.52. The van der Waals surface area contributed by atoms with E-state index in [1.807, 2.05) is 0 Å². The molecule has 4 nitrogen and oxygen atoms in total. The van der Waals surface area contributed by atoms with Crippen LogP contribution in [0.2, 0.25) is 0 Å². The molecule has 1 N–H and O–H groups in total. The van der Waals surface area contributed by atoms with Crippen molar-refractivity contribution in [1.82, 2.24) is 4.98 Å². The largest absolute Gasteiger partial charge is 0.465 e. The van der Waals surface area contributed by atoms with E-state index in [0.29, 0.717) is 11.4 Å². The number of hydrogen-bond donors (Lipinski definition) is 1. The van der Waals surface area contributed by atoms with Gasteiger partial charge in [0.2, 0.25) is 0 Å². The Morgan fingerprint density at radius 1 is 1.67 bits per heavy atom. The molecule has 0 aliphatic heterocycles. The topological polar surface area (TPSA) is 53.4 Å². The summed E-state index contributed by atoms with van der Waals surface area (Å²) in [5.41, 5.74) is 1.33. The van der Waals surface area contributed by atoms with E-state index < -0.39 is 6.09 Å². The summed E-state index contributed by atoms with van der Waals surface area (Å²) in [6.07, 6.45) is 0.653. The van der Waals surface area contributed by atoms with Crippen LogP contribution in [0, 0.1) is 6.92 Å². The minimum atomic E-state index is -0.980. The second-order valence-electron chi connectivity index (χ2n) is 2.45. The second-order valence-corrected chi connectivity index (χ2v) is 2.45. The zero-order valence-electron chi connectivity index (χ0n) is 6.98. The predicted molar refractivity (Wildman–Crippen MR) is 45.4 cm³/mol. The van der Waals surface area contributed by atoms with Crippen molar-refractivity contribution in [2.75, 3.05) is 11.9 Å². The highest BCUT2D eigenvalue weighted by Crippen LogP contribution is 2.14. The Bertz CT molecular complexity index is 299. The summed E-state index contributed by atoms with van der Waals surface area (Å²) in [5.74, 6) is 0. The summed E-state index contributed by atoms with van der Waals surface area (Å²) < 4.78 is 0. The zero-order chi connectivity index (χ0) is 9.14. The van der Waals surface area contributed by atoms with E-state index in [-0.39, 0.29) is 0 Å². The minimum absolute atomic E-state index is 0.616. The SMILES string of the molecule is Cc1ncccc1N(C)C(=O)O. The van der Waals surface area contributed by atoms with E-state index in [4.69, 9.17) is 5.11 Å². The summed E-state index contributed by atoms with van der Waals surface area (Å²) in [6.45, 7) is 1.77. The molecule has 1 rings (SSSR count). The summed E-state index contributed by atoms with van der Waals surface area (Å²) in [6, 6.07) is 3.43. The van der Waals surface area contributed by atoms with E-state index in [0.717, 1.165) is 4.90 Å². The number of amides is 1. The van der Waals surface area contributed by atoms with Gasteiger partial charge < -0.3 is 5.11 Å². The summed E-state index contributed by atoms with van der Waals surface area (Å²) >= 11 is 0. The summed E-state index contributed by atoms with van der Waals surface area (Å²) in [7, 11) is 1.49. The van der Waals surface area contributed by atoms with Crippen molar-refractivity contribution in [3.63, 3.8) is 0 Å². The fourth-order valence-electron chi connectivity index (χ4n) is 0.933. The number of carbonyl (C=O) groups is 1. The van der Waals surface area contributed by atoms with Gasteiger partial charge in [0.25, 0.3) is 0 Å². The van der Waals surface area contributed by atoms with Crippen molar-refractivity contribution in [3.8, 4) is 0 Å². The van der Waals surface area contributed by atoms with Crippen molar-refractivity contribution < 1.29 is 9.90 Å². The Morgan fingerprint density at radius 3 is 2.83 bits per heavy atom. The number of pyridine rings is 1. The van der Waals surface area contributed by atoms with Gasteiger partial charge in [-0.25, -0.2) is 4.79 Å². The molecule has 0 radical (unpaired) electrons. The Balaban J connectivity index is 3.02. The number of aryl methyl sites for hydroxylation is 1. The fraction of sp³-hybridized carbons (Fsp3) is 0.250. The highest BCUT2D eigenvalue weighted by molar-refractivity contribution is 5.85. The summed E-state index contributed by atoms with van der Waals surface area (Å²) in [5, 5.41) is 8.66. The lowest BCUT2D eigenvalue weighted by Crippen LogP contribution is -2.24. The molecular weight excluding hydrogens is 156 g/mol. The van der Waals surface area contributed by atoms with Crippen molar-refractivity contribution in [1.29, 1.82) is 0 Å². The van der Waals surface area contributed by atoms with Crippen LogP contribution < -0.4 is 4.90 Å². The molecule has 0 saturated carbocycles. The van der Waals surface area contributed by atoms with Crippen LogP contribution in [0.25, 0.3) is 0 Å². The van der Waals surface area contributed by atoms with E-state index in [2.05, 4.69) is 4.98 Å². The van der Waals surface area contributed by atoms with E-state index in [1.165, 1.54) is 7.05 Å². The lowest BCUT2D eigenvalue weighted by Gasteiger charge is -2.14. The van der Waals surface area contributed by atoms with Gasteiger partial charge in [0.05, 0.1) is 11.4 Å². The highest BCUT2D eigenvalue weighted by atomic mass is 16.4. The van der Waals surface area contributed by atoms with Crippen LogP contribution in [0.1, 0.15) is 5.69 Å². The molecule has 12 heavy (non-hydrogen) atoms. The molecule has 4 heteroatoms. The van der Waals surface area contributed by atoms with E-state index in [9.17, 15) is 4.79 Å². The maximum atomic E-state index is 10.6. The second kappa shape index (κ2) is 3.21. The molecule has 1 heterocycles. The van der Waals surface area contributed by atoms with Crippen LogP contribution in [-0.2, 0) is 0 Å². The maximum Gasteiger partial charge on any atom is 0.411 e. The Hall–Kier alpha value is -1.58. The zero-order valence-corrected chi connectivity index (χ0v) is 6.98. The molecule has 0 atom stereocenters. The molecule has 1 aromatic heterocycles. The third kappa shape index (κ3) is 1.53. The van der Waals surface area contributed by atoms with Gasteiger partial charge in [0.1, 0.15) is 0 Å². The van der Waals surface area contributed by atoms with Crippen molar-refractivity contribution in [2.45, 2.75) is 6.92 Å². The molecule has 1 aromatic rings. The first-order chi connectivity index (χ1) is 5.63. The van der Waals surface area contributed by atoms with Gasteiger partial charge in [-0.3, -0.25) is 9.88 Å². The molecular formula is C8H10N2O2. The third-order valence-corrected chi connectivity index (χ3v) is 1.63. The molecule has 0 aliphatic rings. The van der Waals surface area contributed by atoms with Crippen LogP contribution >= 0.6 is 0 Å². The average Bonchev–Trinajstić information content (AvgIpc) is 2.04. The van der Waals surface area contributed by atoms with Gasteiger partial charge in [0, 0.05) is 13.2 Å². The van der Waals surface area contributed by atoms with Gasteiger partial charge >= 0.3 is 6.09 Å². The molecule has 0 aromatic carbocycles. The molecule has 0 spiro atoms. The molecule has 64 valence electrons. The highest BCUT2D eigenvalue weighted by Gasteiger charge is 2.10. The first-order valence-corrected chi connectivity index (χ1v) is 3.51. The molecule has 0 aliphatic carbocycles. The van der Waals surface area contributed by atoms with Crippen LogP contribution in [-0.4, -0.2) is 23.2 Å². The van der Waals surface area contributed by atoms with Gasteiger partial charge in [-0.15, -0.1) is 0 Å². The molecule has 0 fully saturated rings. The van der Waals surface area contributed by atoms with Crippen LogP contribution in [0.4, 0.5) is 10.5 Å². The lowest BCUT2D eigenvalue weighted by molar-refractivity contribution is 0.203. The van der Waals surface area contributed by atoms with Gasteiger partial charge in [-0.2, -0.15) is 0 Å². The summed E-state index contributed by atoms with van der Waals surface area (Å²) in [4.78, 5) is 15.7. The Labute approximate surface area is 70.5 Å². The van der Waals surface area contributed by atoms with Crippen LogP contribution in [0.3, 0.4) is 0 Å². The van der Waals surface area contributed by atoms with Crippen LogP contribution in [0.15, 0.2) is 18.3 Å². The van der Waals surface area contributed by atoms with E-state index in [1.54, 1.807) is 25.3 Å². The Morgan fingerprint density at radius 2 is 2.33 bits per heavy atom. The Kier molecular flexibility index (Phi) is 2.28. The maximum absolute atomic E-state index is 10.6. The van der Waals surface area contributed by atoms with Gasteiger partial charge in [0.15, 0.2) is 0 Å². The number of hydrogen-bond acceptors (Lipinski definition) is 2. The van der Waals surface area contributed by atoms with Crippen LogP contribution in [0.5, 0.6) is 0 Å². The monoisotopic (exact) mass is 166 g/mol. The first-order valence-electron chi connectivity index (χ1n) is 3.51. The molecule has 0 saturated heterocycles. The number of nitrogens with zero attached hydrogens (tertiary/aromatic N) is 2. The van der Waals surface area contributed by atoms with Gasteiger partial charge in [-0.1, -0.05) is 0 Å². The van der Waals surface area contributed by atoms with E-state index >= 15 is 0 Å². The molecule has 0 bridgehead atoms. The number of rotatable bonds is 1. The van der Waals surface area contributed by atoms with Crippen molar-refractivity contribution >= 4 is 11.8 Å². The van der Waals surface area contributed by atoms with Crippen molar-refractivity contribution in [3.05, 3.63) is 24.0 Å². The molecule has 1 amide bonds. The van der Waals surface area contributed by atoms with Gasteiger partial charge in [-0.05, 0) is 19.1 Å². The number of carboxylic acid groups (broad SMARTS) is 1. The fourth-order valence-corrected chi connectivity index (χ4v) is 0.933. The average molecular weight is 166 g/mol. The van der Waals surface area contributed by atoms with Crippen molar-refractivity contribution in [2.24, 2.45) is 0 Å². The predicted octanol–water partition coefficient (Wildman–Crippen LogP) is 1.50.